The molecule has 0 bridgehead atoms. The zero-order valence-electron chi connectivity index (χ0n) is 14.9. The molecule has 156 valence electrons. The van der Waals surface area contributed by atoms with Crippen LogP contribution in [0.4, 0.5) is 17.1 Å². The van der Waals surface area contributed by atoms with Gasteiger partial charge in [0.15, 0.2) is 5.11 Å². The maximum atomic E-state index is 12.6. The molecule has 0 aliphatic carbocycles. The lowest BCUT2D eigenvalue weighted by atomic mass is 10.3. The van der Waals surface area contributed by atoms with E-state index in [1.165, 1.54) is 30.3 Å². The molecule has 0 saturated heterocycles. The van der Waals surface area contributed by atoms with Gasteiger partial charge in [0.1, 0.15) is 0 Å². The first-order chi connectivity index (χ1) is 14.1. The van der Waals surface area contributed by atoms with Crippen LogP contribution in [0, 0.1) is 0 Å². The number of anilines is 3. The van der Waals surface area contributed by atoms with Crippen LogP contribution in [-0.4, -0.2) is 13.5 Å². The highest BCUT2D eigenvalue weighted by molar-refractivity contribution is 7.92. The topological polar surface area (TPSA) is 70.2 Å². The Kier molecular flexibility index (Phi) is 7.34. The van der Waals surface area contributed by atoms with Crippen molar-refractivity contribution < 1.29 is 8.42 Å². The summed E-state index contributed by atoms with van der Waals surface area (Å²) in [5.74, 6) is 0. The minimum atomic E-state index is -3.80. The summed E-state index contributed by atoms with van der Waals surface area (Å²) in [6.07, 6.45) is 0. The predicted molar refractivity (Wildman–Crippen MR) is 130 cm³/mol. The van der Waals surface area contributed by atoms with Crippen LogP contribution in [0.15, 0.2) is 65.6 Å². The zero-order valence-corrected chi connectivity index (χ0v) is 19.6. The van der Waals surface area contributed by atoms with Crippen molar-refractivity contribution in [3.63, 3.8) is 0 Å². The van der Waals surface area contributed by atoms with E-state index in [1.54, 1.807) is 30.3 Å². The molecule has 0 radical (unpaired) electrons. The average Bonchev–Trinajstić information content (AvgIpc) is 2.64. The Labute approximate surface area is 199 Å². The van der Waals surface area contributed by atoms with E-state index in [1.807, 2.05) is 0 Å². The minimum absolute atomic E-state index is 0.0691. The lowest BCUT2D eigenvalue weighted by Crippen LogP contribution is -2.19. The molecule has 3 aromatic carbocycles. The van der Waals surface area contributed by atoms with Crippen molar-refractivity contribution in [3.8, 4) is 0 Å². The Morgan fingerprint density at radius 2 is 1.27 bits per heavy atom. The number of nitrogens with one attached hydrogen (secondary N) is 3. The van der Waals surface area contributed by atoms with E-state index in [4.69, 9.17) is 58.6 Å². The first-order valence-corrected chi connectivity index (χ1v) is 11.6. The van der Waals surface area contributed by atoms with Gasteiger partial charge in [0.25, 0.3) is 10.0 Å². The third-order valence-corrected chi connectivity index (χ3v) is 6.49. The van der Waals surface area contributed by atoms with E-state index >= 15 is 0 Å². The van der Waals surface area contributed by atoms with E-state index in [9.17, 15) is 8.42 Å². The van der Waals surface area contributed by atoms with Gasteiger partial charge in [0, 0.05) is 21.4 Å². The molecule has 0 aliphatic heterocycles. The van der Waals surface area contributed by atoms with Gasteiger partial charge in [0.2, 0.25) is 0 Å². The molecule has 0 heterocycles. The molecular weight excluding hydrogens is 508 g/mol. The monoisotopic (exact) mass is 519 g/mol. The molecule has 0 unspecified atom stereocenters. The summed E-state index contributed by atoms with van der Waals surface area (Å²) >= 11 is 29.0. The number of halogens is 4. The summed E-state index contributed by atoms with van der Waals surface area (Å²) < 4.78 is 27.6. The molecule has 0 aliphatic rings. The predicted octanol–water partition coefficient (Wildman–Crippen LogP) is 6.91. The number of hydrogen-bond donors (Lipinski definition) is 3. The summed E-state index contributed by atoms with van der Waals surface area (Å²) in [6, 6.07) is 15.5. The van der Waals surface area contributed by atoms with Crippen LogP contribution >= 0.6 is 58.6 Å². The third-order valence-electron chi connectivity index (χ3n) is 3.71. The number of sulfonamides is 1. The van der Waals surface area contributed by atoms with Crippen molar-refractivity contribution in [3.05, 3.63) is 80.8 Å². The van der Waals surface area contributed by atoms with Gasteiger partial charge in [-0.25, -0.2) is 8.42 Å². The smallest absolute Gasteiger partial charge is 0.261 e. The third kappa shape index (κ3) is 6.14. The van der Waals surface area contributed by atoms with Crippen molar-refractivity contribution >= 4 is 90.8 Å². The van der Waals surface area contributed by atoms with Crippen molar-refractivity contribution in [2.75, 3.05) is 15.4 Å². The Balaban J connectivity index is 1.67. The van der Waals surface area contributed by atoms with Crippen LogP contribution in [0.25, 0.3) is 0 Å². The van der Waals surface area contributed by atoms with Gasteiger partial charge < -0.3 is 10.6 Å². The fraction of sp³-hybridized carbons (Fsp3) is 0. The summed E-state index contributed by atoms with van der Waals surface area (Å²) in [6.45, 7) is 0. The molecule has 0 fully saturated rings. The maximum absolute atomic E-state index is 12.6. The van der Waals surface area contributed by atoms with Gasteiger partial charge in [-0.3, -0.25) is 4.72 Å². The largest absolute Gasteiger partial charge is 0.332 e. The molecular formula is C19H13Cl4N3O2S2. The Bertz CT molecular complexity index is 1180. The van der Waals surface area contributed by atoms with Crippen molar-refractivity contribution in [1.82, 2.24) is 0 Å². The zero-order chi connectivity index (χ0) is 21.9. The number of benzene rings is 3. The molecule has 0 saturated carbocycles. The fourth-order valence-electron chi connectivity index (χ4n) is 2.41. The van der Waals surface area contributed by atoms with Crippen molar-refractivity contribution in [1.29, 1.82) is 0 Å². The van der Waals surface area contributed by atoms with E-state index in [0.717, 1.165) is 0 Å². The van der Waals surface area contributed by atoms with E-state index in [0.29, 0.717) is 32.1 Å². The van der Waals surface area contributed by atoms with E-state index in [2.05, 4.69) is 15.4 Å². The molecule has 5 nitrogen and oxygen atoms in total. The lowest BCUT2D eigenvalue weighted by molar-refractivity contribution is 0.601. The van der Waals surface area contributed by atoms with Gasteiger partial charge in [0.05, 0.1) is 20.6 Å². The quantitative estimate of drug-likeness (QED) is 0.319. The lowest BCUT2D eigenvalue weighted by Gasteiger charge is -2.12. The van der Waals surface area contributed by atoms with Gasteiger partial charge in [-0.05, 0) is 72.9 Å². The SMILES string of the molecule is O=S(=O)(Nc1ccc(Cl)c(Cl)c1)c1ccc(NC(=S)Nc2cc(Cl)cc(Cl)c2)cc1. The minimum Gasteiger partial charge on any atom is -0.332 e. The normalized spacial score (nSPS) is 11.1. The second-order valence-corrected chi connectivity index (χ2v) is 9.77. The molecule has 3 aromatic rings. The number of thiocarbonyl (C=S) groups is 1. The second kappa shape index (κ2) is 9.60. The van der Waals surface area contributed by atoms with Crippen LogP contribution in [0.3, 0.4) is 0 Å². The molecule has 0 aromatic heterocycles. The Morgan fingerprint density at radius 1 is 0.700 bits per heavy atom. The van der Waals surface area contributed by atoms with E-state index in [-0.39, 0.29) is 15.0 Å². The molecule has 0 atom stereocenters. The standard InChI is InChI=1S/C19H13Cl4N3O2S2/c20-11-7-12(21)9-15(8-11)25-19(29)24-13-1-4-16(5-2-13)30(27,28)26-14-3-6-17(22)18(23)10-14/h1-10,26H,(H2,24,25,29). The first-order valence-electron chi connectivity index (χ1n) is 8.24. The second-order valence-electron chi connectivity index (χ2n) is 6.00. The average molecular weight is 521 g/mol. The maximum Gasteiger partial charge on any atom is 0.261 e. The van der Waals surface area contributed by atoms with Crippen molar-refractivity contribution in [2.24, 2.45) is 0 Å². The molecule has 0 spiro atoms. The highest BCUT2D eigenvalue weighted by Crippen LogP contribution is 2.27. The molecule has 11 heteroatoms. The van der Waals surface area contributed by atoms with Crippen LogP contribution in [-0.2, 0) is 10.0 Å². The Morgan fingerprint density at radius 3 is 1.87 bits per heavy atom. The fourth-order valence-corrected chi connectivity index (χ4v) is 4.52. The van der Waals surface area contributed by atoms with Gasteiger partial charge >= 0.3 is 0 Å². The van der Waals surface area contributed by atoms with E-state index < -0.39 is 10.0 Å². The van der Waals surface area contributed by atoms with Crippen LogP contribution < -0.4 is 15.4 Å². The van der Waals surface area contributed by atoms with Gasteiger partial charge in [-0.15, -0.1) is 0 Å². The summed E-state index contributed by atoms with van der Waals surface area (Å²) in [5.41, 5.74) is 1.52. The summed E-state index contributed by atoms with van der Waals surface area (Å²) in [7, 11) is -3.80. The molecule has 30 heavy (non-hydrogen) atoms. The summed E-state index contributed by atoms with van der Waals surface area (Å²) in [4.78, 5) is 0.0691. The molecule has 3 N–H and O–H groups in total. The highest BCUT2D eigenvalue weighted by atomic mass is 35.5. The molecule has 0 amide bonds. The van der Waals surface area contributed by atoms with Gasteiger partial charge in [-0.2, -0.15) is 0 Å². The molecule has 3 rings (SSSR count). The van der Waals surface area contributed by atoms with Crippen molar-refractivity contribution in [2.45, 2.75) is 4.90 Å². The first kappa shape index (κ1) is 22.9. The van der Waals surface area contributed by atoms with Crippen LogP contribution in [0.2, 0.25) is 20.1 Å². The van der Waals surface area contributed by atoms with Crippen LogP contribution in [0.1, 0.15) is 0 Å². The highest BCUT2D eigenvalue weighted by Gasteiger charge is 2.15. The van der Waals surface area contributed by atoms with Gasteiger partial charge in [-0.1, -0.05) is 46.4 Å². The number of rotatable bonds is 5. The summed E-state index contributed by atoms with van der Waals surface area (Å²) in [5, 5.41) is 7.72. The van der Waals surface area contributed by atoms with Crippen LogP contribution in [0.5, 0.6) is 0 Å². The Hall–Kier alpha value is -1.74. The number of hydrogen-bond acceptors (Lipinski definition) is 3.